The molecule has 0 aliphatic heterocycles. The van der Waals surface area contributed by atoms with E-state index in [0.29, 0.717) is 5.75 Å². The number of aliphatic imine (C=N–C) groups is 1. The summed E-state index contributed by atoms with van der Waals surface area (Å²) in [6.07, 6.45) is -15.5. The van der Waals surface area contributed by atoms with Gasteiger partial charge in [-0.25, -0.2) is 9.79 Å². The third-order valence-electron chi connectivity index (χ3n) is 2.22. The largest absolute Gasteiger partial charge is 0.497 e. The van der Waals surface area contributed by atoms with Crippen molar-refractivity contribution in [3.8, 4) is 5.75 Å². The summed E-state index contributed by atoms with van der Waals surface area (Å²) >= 11 is 0. The number of hydrogen-bond acceptors (Lipinski definition) is 4. The predicted molar refractivity (Wildman–Crippen MR) is 63.1 cm³/mol. The molecule has 0 saturated heterocycles. The van der Waals surface area contributed by atoms with Gasteiger partial charge in [-0.2, -0.15) is 26.3 Å². The number of hydrogen-bond donors (Lipinski definition) is 0. The number of halogens is 6. The van der Waals surface area contributed by atoms with E-state index in [1.165, 1.54) is 31.4 Å². The molecule has 0 atom stereocenters. The van der Waals surface area contributed by atoms with Crippen LogP contribution < -0.4 is 4.74 Å². The summed E-state index contributed by atoms with van der Waals surface area (Å²) in [4.78, 5) is 14.5. The maximum Gasteiger partial charge on any atom is 0.434 e. The summed E-state index contributed by atoms with van der Waals surface area (Å²) < 4.78 is 81.2. The quantitative estimate of drug-likeness (QED) is 0.483. The van der Waals surface area contributed by atoms with Crippen molar-refractivity contribution >= 4 is 17.9 Å². The maximum absolute atomic E-state index is 12.2. The minimum atomic E-state index is -5.76. The molecule has 0 heterocycles. The number of alkyl halides is 6. The highest BCUT2D eigenvalue weighted by molar-refractivity contribution is 6.23. The first-order valence-electron chi connectivity index (χ1n) is 5.56. The lowest BCUT2D eigenvalue weighted by atomic mass is 10.3. The first-order chi connectivity index (χ1) is 10.0. The van der Waals surface area contributed by atoms with Crippen LogP contribution in [0.25, 0.3) is 0 Å². The van der Waals surface area contributed by atoms with E-state index in [2.05, 4.69) is 9.73 Å². The number of rotatable bonds is 4. The van der Waals surface area contributed by atoms with E-state index in [1.807, 2.05) is 0 Å². The summed E-state index contributed by atoms with van der Waals surface area (Å²) in [6, 6.07) is 5.56. The van der Waals surface area contributed by atoms with E-state index < -0.39 is 24.4 Å². The molecular formula is C12H9F6NO3. The second-order valence-corrected chi connectivity index (χ2v) is 3.86. The normalized spacial score (nSPS) is 12.7. The van der Waals surface area contributed by atoms with Gasteiger partial charge in [-0.3, -0.25) is 0 Å². The standard InChI is InChI=1S/C12H9F6NO3/c1-21-8-4-2-7(3-5-8)19-6-9(20)22-10(11(13,14)15)12(16,17)18/h2-6,10H,1H3. The third-order valence-corrected chi connectivity index (χ3v) is 2.22. The number of carbonyl (C=O) groups excluding carboxylic acids is 1. The van der Waals surface area contributed by atoms with Crippen LogP contribution in [0, 0.1) is 0 Å². The zero-order valence-corrected chi connectivity index (χ0v) is 10.9. The van der Waals surface area contributed by atoms with Gasteiger partial charge in [0.2, 0.25) is 0 Å². The second-order valence-electron chi connectivity index (χ2n) is 3.86. The van der Waals surface area contributed by atoms with Crippen LogP contribution in [-0.4, -0.2) is 37.8 Å². The number of nitrogens with zero attached hydrogens (tertiary/aromatic N) is 1. The van der Waals surface area contributed by atoms with Crippen LogP contribution in [0.4, 0.5) is 32.0 Å². The van der Waals surface area contributed by atoms with Gasteiger partial charge in [0, 0.05) is 0 Å². The summed E-state index contributed by atoms with van der Waals surface area (Å²) in [5, 5.41) is 0. The van der Waals surface area contributed by atoms with Crippen LogP contribution in [0.15, 0.2) is 29.3 Å². The topological polar surface area (TPSA) is 47.9 Å². The van der Waals surface area contributed by atoms with Crippen molar-refractivity contribution in [2.24, 2.45) is 4.99 Å². The number of methoxy groups -OCH3 is 1. The van der Waals surface area contributed by atoms with Gasteiger partial charge >= 0.3 is 18.3 Å². The Labute approximate surface area is 120 Å². The molecule has 122 valence electrons. The van der Waals surface area contributed by atoms with Gasteiger partial charge in [0.1, 0.15) is 12.0 Å². The number of carbonyl (C=O) groups is 1. The molecule has 0 aliphatic rings. The van der Waals surface area contributed by atoms with Gasteiger partial charge in [-0.05, 0) is 24.3 Å². The highest BCUT2D eigenvalue weighted by Crippen LogP contribution is 2.35. The Morgan fingerprint density at radius 3 is 2.00 bits per heavy atom. The Morgan fingerprint density at radius 1 is 1.09 bits per heavy atom. The van der Waals surface area contributed by atoms with Crippen molar-refractivity contribution in [1.29, 1.82) is 0 Å². The van der Waals surface area contributed by atoms with Crippen LogP contribution in [-0.2, 0) is 9.53 Å². The van der Waals surface area contributed by atoms with Crippen molar-refractivity contribution in [3.63, 3.8) is 0 Å². The molecule has 1 rings (SSSR count). The highest BCUT2D eigenvalue weighted by atomic mass is 19.4. The maximum atomic E-state index is 12.2. The number of esters is 1. The summed E-state index contributed by atoms with van der Waals surface area (Å²) in [5.41, 5.74) is 0.119. The van der Waals surface area contributed by atoms with Crippen LogP contribution in [0.3, 0.4) is 0 Å². The van der Waals surface area contributed by atoms with Gasteiger partial charge < -0.3 is 9.47 Å². The number of ether oxygens (including phenoxy) is 2. The number of benzene rings is 1. The summed E-state index contributed by atoms with van der Waals surface area (Å²) in [5.74, 6) is -1.41. The van der Waals surface area contributed by atoms with Crippen molar-refractivity contribution in [2.75, 3.05) is 7.11 Å². The van der Waals surface area contributed by atoms with Crippen molar-refractivity contribution in [3.05, 3.63) is 24.3 Å². The van der Waals surface area contributed by atoms with Crippen molar-refractivity contribution in [2.45, 2.75) is 18.5 Å². The smallest absolute Gasteiger partial charge is 0.434 e. The minimum absolute atomic E-state index is 0.119. The van der Waals surface area contributed by atoms with Gasteiger partial charge in [0.15, 0.2) is 0 Å². The molecule has 0 unspecified atom stereocenters. The van der Waals surface area contributed by atoms with E-state index in [4.69, 9.17) is 4.74 Å². The Morgan fingerprint density at radius 2 is 1.59 bits per heavy atom. The van der Waals surface area contributed by atoms with Crippen LogP contribution >= 0.6 is 0 Å². The van der Waals surface area contributed by atoms with E-state index >= 15 is 0 Å². The van der Waals surface area contributed by atoms with Gasteiger partial charge in [0.05, 0.1) is 12.8 Å². The molecule has 0 bridgehead atoms. The Balaban J connectivity index is 2.76. The van der Waals surface area contributed by atoms with Crippen LogP contribution in [0.2, 0.25) is 0 Å². The molecule has 0 spiro atoms. The lowest BCUT2D eigenvalue weighted by Crippen LogP contribution is -2.45. The van der Waals surface area contributed by atoms with Crippen LogP contribution in [0.5, 0.6) is 5.75 Å². The lowest BCUT2D eigenvalue weighted by Gasteiger charge is -2.21. The summed E-state index contributed by atoms with van der Waals surface area (Å²) in [6.45, 7) is 0. The van der Waals surface area contributed by atoms with E-state index in [0.717, 1.165) is 0 Å². The second kappa shape index (κ2) is 6.67. The fourth-order valence-corrected chi connectivity index (χ4v) is 1.26. The van der Waals surface area contributed by atoms with E-state index in [9.17, 15) is 31.1 Å². The highest BCUT2D eigenvalue weighted by Gasteiger charge is 2.59. The summed E-state index contributed by atoms with van der Waals surface area (Å²) in [7, 11) is 1.39. The molecule has 1 aromatic carbocycles. The fourth-order valence-electron chi connectivity index (χ4n) is 1.26. The average Bonchev–Trinajstić information content (AvgIpc) is 2.40. The minimum Gasteiger partial charge on any atom is -0.497 e. The molecule has 0 N–H and O–H groups in total. The van der Waals surface area contributed by atoms with Gasteiger partial charge in [-0.15, -0.1) is 0 Å². The molecule has 4 nitrogen and oxygen atoms in total. The Bertz CT molecular complexity index is 521. The molecule has 0 radical (unpaired) electrons. The Kier molecular flexibility index (Phi) is 5.39. The zero-order valence-electron chi connectivity index (χ0n) is 10.9. The Hall–Kier alpha value is -2.26. The first-order valence-corrected chi connectivity index (χ1v) is 5.56. The molecule has 0 aromatic heterocycles. The van der Waals surface area contributed by atoms with E-state index in [-0.39, 0.29) is 11.9 Å². The third kappa shape index (κ3) is 5.26. The molecule has 0 amide bonds. The average molecular weight is 329 g/mol. The molecule has 22 heavy (non-hydrogen) atoms. The molecule has 1 aromatic rings. The molecule has 0 saturated carbocycles. The zero-order chi connectivity index (χ0) is 17.0. The van der Waals surface area contributed by atoms with Gasteiger partial charge in [0.25, 0.3) is 6.10 Å². The SMILES string of the molecule is COc1ccc(N=CC(=O)OC(C(F)(F)F)C(F)(F)F)cc1. The van der Waals surface area contributed by atoms with Crippen molar-refractivity contribution in [1.82, 2.24) is 0 Å². The molecule has 10 heteroatoms. The van der Waals surface area contributed by atoms with Crippen LogP contribution in [0.1, 0.15) is 0 Å². The predicted octanol–water partition coefficient (Wildman–Crippen LogP) is 3.43. The van der Waals surface area contributed by atoms with Crippen molar-refractivity contribution < 1.29 is 40.6 Å². The molecule has 0 aliphatic carbocycles. The monoisotopic (exact) mass is 329 g/mol. The molecule has 0 fully saturated rings. The van der Waals surface area contributed by atoms with E-state index in [1.54, 1.807) is 0 Å². The van der Waals surface area contributed by atoms with Gasteiger partial charge in [-0.1, -0.05) is 0 Å². The first kappa shape index (κ1) is 17.8. The fraction of sp³-hybridized carbons (Fsp3) is 0.333. The molecular weight excluding hydrogens is 320 g/mol. The lowest BCUT2D eigenvalue weighted by molar-refractivity contribution is -0.311.